The molecule has 1 saturated heterocycles. The molecule has 1 aliphatic rings. The number of benzene rings is 2. The molecule has 1 amide bonds. The van der Waals surface area contributed by atoms with Gasteiger partial charge in [-0.3, -0.25) is 19.6 Å². The molecule has 3 heterocycles. The highest BCUT2D eigenvalue weighted by Gasteiger charge is 2.46. The summed E-state index contributed by atoms with van der Waals surface area (Å²) in [6.45, 7) is 2.63. The van der Waals surface area contributed by atoms with Crippen molar-refractivity contribution in [2.45, 2.75) is 26.1 Å². The van der Waals surface area contributed by atoms with Crippen LogP contribution in [0.25, 0.3) is 5.76 Å². The molecule has 184 valence electrons. The van der Waals surface area contributed by atoms with Crippen LogP contribution in [-0.2, 0) is 22.7 Å². The Kier molecular flexibility index (Phi) is 6.76. The Hall–Kier alpha value is -4.78. The molecular formula is C30H25N3O4. The van der Waals surface area contributed by atoms with E-state index in [4.69, 9.17) is 4.74 Å². The molecule has 37 heavy (non-hydrogen) atoms. The van der Waals surface area contributed by atoms with Gasteiger partial charge >= 0.3 is 0 Å². The number of ketones is 1. The van der Waals surface area contributed by atoms with Gasteiger partial charge in [-0.2, -0.15) is 0 Å². The molecular weight excluding hydrogens is 466 g/mol. The molecule has 5 rings (SSSR count). The third-order valence-electron chi connectivity index (χ3n) is 6.26. The van der Waals surface area contributed by atoms with Crippen molar-refractivity contribution in [3.8, 4) is 5.75 Å². The third kappa shape index (κ3) is 5.11. The summed E-state index contributed by atoms with van der Waals surface area (Å²) in [6.07, 6.45) is 6.49. The molecule has 2 aromatic carbocycles. The molecule has 4 aromatic rings. The predicted molar refractivity (Wildman–Crippen MR) is 138 cm³/mol. The van der Waals surface area contributed by atoms with E-state index in [0.717, 1.165) is 16.7 Å². The van der Waals surface area contributed by atoms with Gasteiger partial charge in [0.25, 0.3) is 11.7 Å². The Labute approximate surface area is 214 Å². The highest BCUT2D eigenvalue weighted by molar-refractivity contribution is 6.46. The first-order valence-corrected chi connectivity index (χ1v) is 11.9. The number of ether oxygens (including phenoxy) is 1. The third-order valence-corrected chi connectivity index (χ3v) is 6.26. The number of pyridine rings is 2. The molecule has 2 aromatic heterocycles. The quantitative estimate of drug-likeness (QED) is 0.223. The summed E-state index contributed by atoms with van der Waals surface area (Å²) in [5.41, 5.74) is 4.11. The molecule has 1 N–H and O–H groups in total. The number of aryl methyl sites for hydroxylation is 1. The summed E-state index contributed by atoms with van der Waals surface area (Å²) in [5.74, 6) is -1.03. The van der Waals surface area contributed by atoms with E-state index >= 15 is 0 Å². The summed E-state index contributed by atoms with van der Waals surface area (Å²) in [4.78, 5) is 35.9. The second kappa shape index (κ2) is 10.5. The molecule has 0 saturated carbocycles. The summed E-state index contributed by atoms with van der Waals surface area (Å²) < 4.78 is 5.88. The van der Waals surface area contributed by atoms with Crippen molar-refractivity contribution in [3.63, 3.8) is 0 Å². The highest BCUT2D eigenvalue weighted by Crippen LogP contribution is 2.40. The van der Waals surface area contributed by atoms with Crippen LogP contribution in [-0.4, -0.2) is 31.7 Å². The van der Waals surface area contributed by atoms with Crippen molar-refractivity contribution in [1.29, 1.82) is 0 Å². The number of nitrogens with zero attached hydrogens (tertiary/aromatic N) is 3. The first kappa shape index (κ1) is 23.9. The molecule has 0 spiro atoms. The summed E-state index contributed by atoms with van der Waals surface area (Å²) in [7, 11) is 0. The van der Waals surface area contributed by atoms with Crippen LogP contribution in [0.2, 0.25) is 0 Å². The van der Waals surface area contributed by atoms with Gasteiger partial charge in [-0.15, -0.1) is 0 Å². The van der Waals surface area contributed by atoms with E-state index < -0.39 is 17.7 Å². The van der Waals surface area contributed by atoms with E-state index in [-0.39, 0.29) is 17.9 Å². The lowest BCUT2D eigenvalue weighted by Crippen LogP contribution is -2.29. The van der Waals surface area contributed by atoms with Gasteiger partial charge in [-0.05, 0) is 66.1 Å². The maximum atomic E-state index is 13.2. The topological polar surface area (TPSA) is 92.6 Å². The number of likely N-dealkylation sites (tertiary alicyclic amines) is 1. The average Bonchev–Trinajstić information content (AvgIpc) is 3.18. The zero-order chi connectivity index (χ0) is 25.8. The van der Waals surface area contributed by atoms with E-state index in [9.17, 15) is 14.7 Å². The predicted octanol–water partition coefficient (Wildman–Crippen LogP) is 4.99. The number of aliphatic hydroxyl groups excluding tert-OH is 1. The highest BCUT2D eigenvalue weighted by atomic mass is 16.5. The number of aliphatic hydroxyl groups is 1. The van der Waals surface area contributed by atoms with Crippen molar-refractivity contribution in [2.24, 2.45) is 0 Å². The molecule has 0 radical (unpaired) electrons. The Bertz CT molecular complexity index is 1450. The van der Waals surface area contributed by atoms with Gasteiger partial charge in [-0.1, -0.05) is 35.9 Å². The fourth-order valence-electron chi connectivity index (χ4n) is 4.45. The summed E-state index contributed by atoms with van der Waals surface area (Å²) in [5, 5.41) is 11.3. The Balaban J connectivity index is 1.45. The maximum Gasteiger partial charge on any atom is 0.295 e. The normalized spacial score (nSPS) is 16.7. The minimum Gasteiger partial charge on any atom is -0.507 e. The number of carbonyl (C=O) groups is 2. The van der Waals surface area contributed by atoms with E-state index in [1.807, 2.05) is 25.1 Å². The fraction of sp³-hybridized carbons (Fsp3) is 0.133. The smallest absolute Gasteiger partial charge is 0.295 e. The zero-order valence-corrected chi connectivity index (χ0v) is 20.2. The lowest BCUT2D eigenvalue weighted by atomic mass is 9.96. The molecule has 7 heteroatoms. The van der Waals surface area contributed by atoms with Gasteiger partial charge in [-0.25, -0.2) is 0 Å². The maximum absolute atomic E-state index is 13.2. The number of aromatic nitrogens is 2. The van der Waals surface area contributed by atoms with Gasteiger partial charge in [0.1, 0.15) is 18.1 Å². The van der Waals surface area contributed by atoms with Crippen LogP contribution in [0.1, 0.15) is 33.9 Å². The van der Waals surface area contributed by atoms with Gasteiger partial charge in [0, 0.05) is 36.9 Å². The van der Waals surface area contributed by atoms with Crippen LogP contribution < -0.4 is 4.74 Å². The first-order valence-electron chi connectivity index (χ1n) is 11.9. The Morgan fingerprint density at radius 3 is 2.41 bits per heavy atom. The standard InChI is InChI=1S/C30H25N3O4/c1-20-4-2-5-22(16-20)19-37-25-9-7-23(8-10-25)28(34)26-27(24-6-3-13-32-17-24)33(30(36)29(26)35)18-21-11-14-31-15-12-21/h2-17,27,34H,18-19H2,1H3/b28-26-. The lowest BCUT2D eigenvalue weighted by Gasteiger charge is -2.25. The monoisotopic (exact) mass is 491 g/mol. The second-order valence-corrected chi connectivity index (χ2v) is 8.87. The van der Waals surface area contributed by atoms with Crippen molar-refractivity contribution in [2.75, 3.05) is 0 Å². The number of carbonyl (C=O) groups excluding carboxylic acids is 2. The van der Waals surface area contributed by atoms with Crippen LogP contribution in [0.5, 0.6) is 5.75 Å². The molecule has 0 aliphatic carbocycles. The van der Waals surface area contributed by atoms with E-state index in [1.54, 1.807) is 73.3 Å². The first-order chi connectivity index (χ1) is 18.0. The van der Waals surface area contributed by atoms with Crippen LogP contribution in [0, 0.1) is 6.92 Å². The molecule has 1 atom stereocenters. The van der Waals surface area contributed by atoms with Crippen LogP contribution in [0.3, 0.4) is 0 Å². The number of hydrogen-bond acceptors (Lipinski definition) is 6. The lowest BCUT2D eigenvalue weighted by molar-refractivity contribution is -0.140. The molecule has 1 fully saturated rings. The molecule has 0 bridgehead atoms. The van der Waals surface area contributed by atoms with Crippen LogP contribution in [0.4, 0.5) is 0 Å². The van der Waals surface area contributed by atoms with E-state index in [0.29, 0.717) is 23.5 Å². The van der Waals surface area contributed by atoms with Crippen molar-refractivity contribution >= 4 is 17.4 Å². The molecule has 1 aliphatic heterocycles. The Morgan fingerprint density at radius 1 is 0.919 bits per heavy atom. The van der Waals surface area contributed by atoms with E-state index in [2.05, 4.69) is 16.0 Å². The Morgan fingerprint density at radius 2 is 1.70 bits per heavy atom. The largest absolute Gasteiger partial charge is 0.507 e. The van der Waals surface area contributed by atoms with Crippen molar-refractivity contribution < 1.29 is 19.4 Å². The van der Waals surface area contributed by atoms with Gasteiger partial charge < -0.3 is 14.7 Å². The van der Waals surface area contributed by atoms with Crippen molar-refractivity contribution in [1.82, 2.24) is 14.9 Å². The minimum atomic E-state index is -0.779. The van der Waals surface area contributed by atoms with Gasteiger partial charge in [0.05, 0.1) is 11.6 Å². The number of Topliss-reactive ketones (excluding diaryl/α,β-unsaturated/α-hetero) is 1. The van der Waals surface area contributed by atoms with E-state index in [1.165, 1.54) is 4.90 Å². The zero-order valence-electron chi connectivity index (χ0n) is 20.2. The fourth-order valence-corrected chi connectivity index (χ4v) is 4.45. The van der Waals surface area contributed by atoms with Crippen molar-refractivity contribution in [3.05, 3.63) is 131 Å². The number of rotatable bonds is 7. The second-order valence-electron chi connectivity index (χ2n) is 8.87. The molecule has 7 nitrogen and oxygen atoms in total. The average molecular weight is 492 g/mol. The molecule has 1 unspecified atom stereocenters. The van der Waals surface area contributed by atoms with Crippen LogP contribution >= 0.6 is 0 Å². The summed E-state index contributed by atoms with van der Waals surface area (Å²) >= 11 is 0. The minimum absolute atomic E-state index is 0.0282. The van der Waals surface area contributed by atoms with Gasteiger partial charge in [0.15, 0.2) is 0 Å². The number of amides is 1. The number of hydrogen-bond donors (Lipinski definition) is 1. The SMILES string of the molecule is Cc1cccc(COc2ccc(/C(O)=C3/C(=O)C(=O)N(Cc4ccncc4)C3c3cccnc3)cc2)c1. The summed E-state index contributed by atoms with van der Waals surface area (Å²) in [6, 6.07) is 21.2. The van der Waals surface area contributed by atoms with Crippen LogP contribution in [0.15, 0.2) is 103 Å². The van der Waals surface area contributed by atoms with Gasteiger partial charge in [0.2, 0.25) is 0 Å².